The highest BCUT2D eigenvalue weighted by atomic mass is 16.5. The van der Waals surface area contributed by atoms with Gasteiger partial charge in [0.05, 0.1) is 19.9 Å². The molecule has 3 aromatic rings. The van der Waals surface area contributed by atoms with Gasteiger partial charge in [-0.05, 0) is 37.6 Å². The predicted octanol–water partition coefficient (Wildman–Crippen LogP) is 4.11. The van der Waals surface area contributed by atoms with Crippen LogP contribution in [0.1, 0.15) is 35.9 Å². The normalized spacial score (nSPS) is 15.3. The highest BCUT2D eigenvalue weighted by Gasteiger charge is 2.27. The van der Waals surface area contributed by atoms with Crippen molar-refractivity contribution in [1.29, 1.82) is 0 Å². The maximum Gasteiger partial charge on any atom is 0.274 e. The molecule has 174 valence electrons. The Bertz CT molecular complexity index is 1090. The summed E-state index contributed by atoms with van der Waals surface area (Å²) in [6, 6.07) is 18.4. The van der Waals surface area contributed by atoms with Crippen LogP contribution in [0.4, 0.5) is 0 Å². The van der Waals surface area contributed by atoms with Crippen molar-refractivity contribution in [2.24, 2.45) is 0 Å². The molecule has 1 saturated heterocycles. The average molecular weight is 449 g/mol. The van der Waals surface area contributed by atoms with Crippen molar-refractivity contribution in [3.8, 4) is 22.8 Å². The molecule has 0 aliphatic carbocycles. The maximum absolute atomic E-state index is 13.3. The maximum atomic E-state index is 13.3. The molecule has 1 aliphatic rings. The number of benzene rings is 2. The molecular weight excluding hydrogens is 416 g/mol. The van der Waals surface area contributed by atoms with Crippen LogP contribution >= 0.6 is 0 Å². The minimum Gasteiger partial charge on any atom is -0.497 e. The average Bonchev–Trinajstić information content (AvgIpc) is 3.32. The Balaban J connectivity index is 1.49. The second-order valence-electron chi connectivity index (χ2n) is 8.21. The zero-order valence-electron chi connectivity index (χ0n) is 19.8. The first-order valence-electron chi connectivity index (χ1n) is 11.4. The van der Waals surface area contributed by atoms with E-state index in [2.05, 4.69) is 41.2 Å². The van der Waals surface area contributed by atoms with Gasteiger partial charge in [0.15, 0.2) is 5.69 Å². The van der Waals surface area contributed by atoms with E-state index in [1.165, 1.54) is 5.56 Å². The smallest absolute Gasteiger partial charge is 0.274 e. The fourth-order valence-electron chi connectivity index (χ4n) is 4.41. The molecule has 1 aromatic heterocycles. The fraction of sp³-hybridized carbons (Fsp3) is 0.385. The Morgan fingerprint density at radius 2 is 1.73 bits per heavy atom. The molecule has 2 aromatic carbocycles. The number of amides is 1. The number of carbonyl (C=O) groups is 1. The van der Waals surface area contributed by atoms with E-state index in [0.717, 1.165) is 30.1 Å². The molecule has 0 saturated carbocycles. The third kappa shape index (κ3) is 4.73. The van der Waals surface area contributed by atoms with Gasteiger partial charge in [-0.1, -0.05) is 30.3 Å². The number of hydrogen-bond acceptors (Lipinski definition) is 5. The quantitative estimate of drug-likeness (QED) is 0.545. The number of aromatic nitrogens is 2. The lowest BCUT2D eigenvalue weighted by Gasteiger charge is -2.38. The summed E-state index contributed by atoms with van der Waals surface area (Å²) < 4.78 is 12.7. The minimum absolute atomic E-state index is 0.0251. The van der Waals surface area contributed by atoms with Gasteiger partial charge in [-0.15, -0.1) is 0 Å². The van der Waals surface area contributed by atoms with E-state index in [4.69, 9.17) is 9.47 Å². The Morgan fingerprint density at radius 3 is 2.36 bits per heavy atom. The first kappa shape index (κ1) is 22.9. The summed E-state index contributed by atoms with van der Waals surface area (Å²) in [4.78, 5) is 17.6. The summed E-state index contributed by atoms with van der Waals surface area (Å²) in [5, 5.41) is 4.62. The molecule has 0 N–H and O–H groups in total. The third-order valence-electron chi connectivity index (χ3n) is 6.41. The molecule has 7 heteroatoms. The highest BCUT2D eigenvalue weighted by Crippen LogP contribution is 2.34. The second-order valence-corrected chi connectivity index (χ2v) is 8.21. The van der Waals surface area contributed by atoms with E-state index in [9.17, 15) is 4.79 Å². The van der Waals surface area contributed by atoms with Gasteiger partial charge < -0.3 is 14.4 Å². The molecular formula is C26H32N4O3. The van der Waals surface area contributed by atoms with Crippen LogP contribution in [0.3, 0.4) is 0 Å². The zero-order valence-corrected chi connectivity index (χ0v) is 19.8. The molecule has 0 unspecified atom stereocenters. The summed E-state index contributed by atoms with van der Waals surface area (Å²) in [6.45, 7) is 7.96. The molecule has 1 aliphatic heterocycles. The van der Waals surface area contributed by atoms with Crippen molar-refractivity contribution in [2.45, 2.75) is 26.4 Å². The number of nitrogens with zero attached hydrogens (tertiary/aromatic N) is 4. The van der Waals surface area contributed by atoms with Gasteiger partial charge in [0.1, 0.15) is 11.5 Å². The number of piperazine rings is 1. The van der Waals surface area contributed by atoms with Crippen molar-refractivity contribution in [2.75, 3.05) is 40.4 Å². The lowest BCUT2D eigenvalue weighted by molar-refractivity contribution is 0.0576. The molecule has 4 rings (SSSR count). The summed E-state index contributed by atoms with van der Waals surface area (Å²) in [7, 11) is 3.26. The van der Waals surface area contributed by atoms with Crippen molar-refractivity contribution < 1.29 is 14.3 Å². The van der Waals surface area contributed by atoms with Crippen molar-refractivity contribution >= 4 is 5.91 Å². The summed E-state index contributed by atoms with van der Waals surface area (Å²) in [6.07, 6.45) is 0. The second kappa shape index (κ2) is 10.1. The molecule has 7 nitrogen and oxygen atoms in total. The first-order chi connectivity index (χ1) is 16.0. The van der Waals surface area contributed by atoms with Crippen LogP contribution in [-0.2, 0) is 6.54 Å². The van der Waals surface area contributed by atoms with Crippen LogP contribution in [0, 0.1) is 0 Å². The van der Waals surface area contributed by atoms with Crippen LogP contribution in [0.2, 0.25) is 0 Å². The number of methoxy groups -OCH3 is 2. The van der Waals surface area contributed by atoms with Gasteiger partial charge in [-0.2, -0.15) is 5.10 Å². The third-order valence-corrected chi connectivity index (χ3v) is 6.41. The molecule has 0 bridgehead atoms. The lowest BCUT2D eigenvalue weighted by Crippen LogP contribution is -2.49. The van der Waals surface area contributed by atoms with Crippen molar-refractivity contribution in [3.63, 3.8) is 0 Å². The van der Waals surface area contributed by atoms with Gasteiger partial charge in [0, 0.05) is 50.4 Å². The number of ether oxygens (including phenoxy) is 2. The monoisotopic (exact) mass is 448 g/mol. The van der Waals surface area contributed by atoms with Gasteiger partial charge in [0.25, 0.3) is 5.91 Å². The van der Waals surface area contributed by atoms with Crippen LogP contribution in [-0.4, -0.2) is 65.9 Å². The number of rotatable bonds is 7. The van der Waals surface area contributed by atoms with Gasteiger partial charge in [-0.25, -0.2) is 0 Å². The molecule has 1 amide bonds. The van der Waals surface area contributed by atoms with E-state index in [1.807, 2.05) is 46.8 Å². The van der Waals surface area contributed by atoms with Crippen molar-refractivity contribution in [1.82, 2.24) is 19.6 Å². The van der Waals surface area contributed by atoms with Crippen LogP contribution in [0.25, 0.3) is 11.3 Å². The Hall–Kier alpha value is -3.32. The molecule has 1 atom stereocenters. The van der Waals surface area contributed by atoms with E-state index in [0.29, 0.717) is 37.1 Å². The SMILES string of the molecule is CCn1nc(C(=O)N2CCN([C@@H](C)c3ccccc3)CC2)cc1-c1ccc(OC)cc1OC. The number of carbonyl (C=O) groups excluding carboxylic acids is 1. The molecule has 1 fully saturated rings. The largest absolute Gasteiger partial charge is 0.497 e. The molecule has 0 radical (unpaired) electrons. The van der Waals surface area contributed by atoms with E-state index in [-0.39, 0.29) is 5.91 Å². The van der Waals surface area contributed by atoms with E-state index in [1.54, 1.807) is 14.2 Å². The van der Waals surface area contributed by atoms with Crippen LogP contribution < -0.4 is 9.47 Å². The number of hydrogen-bond donors (Lipinski definition) is 0. The van der Waals surface area contributed by atoms with Crippen LogP contribution in [0.5, 0.6) is 11.5 Å². The van der Waals surface area contributed by atoms with E-state index < -0.39 is 0 Å². The number of aryl methyl sites for hydroxylation is 1. The topological polar surface area (TPSA) is 59.8 Å². The summed E-state index contributed by atoms with van der Waals surface area (Å²) >= 11 is 0. The summed E-state index contributed by atoms with van der Waals surface area (Å²) in [5.74, 6) is 1.38. The van der Waals surface area contributed by atoms with Gasteiger partial charge in [-0.3, -0.25) is 14.4 Å². The van der Waals surface area contributed by atoms with E-state index >= 15 is 0 Å². The minimum atomic E-state index is -0.0251. The molecule has 33 heavy (non-hydrogen) atoms. The molecule has 0 spiro atoms. The van der Waals surface area contributed by atoms with Crippen LogP contribution in [0.15, 0.2) is 54.6 Å². The fourth-order valence-corrected chi connectivity index (χ4v) is 4.41. The Kier molecular flexibility index (Phi) is 6.99. The Labute approximate surface area is 195 Å². The van der Waals surface area contributed by atoms with Crippen molar-refractivity contribution in [3.05, 3.63) is 65.9 Å². The predicted molar refractivity (Wildman–Crippen MR) is 129 cm³/mol. The highest BCUT2D eigenvalue weighted by molar-refractivity contribution is 5.93. The standard InChI is InChI=1S/C26H32N4O3/c1-5-30-24(22-12-11-21(32-3)17-25(22)33-4)18-23(27-30)26(31)29-15-13-28(14-16-29)19(2)20-9-7-6-8-10-20/h6-12,17-19H,5,13-16H2,1-4H3/t19-/m0/s1. The molecule has 2 heterocycles. The first-order valence-corrected chi connectivity index (χ1v) is 11.4. The van der Waals surface area contributed by atoms with Gasteiger partial charge in [0.2, 0.25) is 0 Å². The van der Waals surface area contributed by atoms with Gasteiger partial charge >= 0.3 is 0 Å². The lowest BCUT2D eigenvalue weighted by atomic mass is 10.1. The Morgan fingerprint density at radius 1 is 1.00 bits per heavy atom. The zero-order chi connectivity index (χ0) is 23.4. The summed E-state index contributed by atoms with van der Waals surface area (Å²) in [5.41, 5.74) is 3.51.